The van der Waals surface area contributed by atoms with Crippen molar-refractivity contribution in [3.8, 4) is 17.2 Å². The molecular weight excluding hydrogens is 514 g/mol. The van der Waals surface area contributed by atoms with Crippen molar-refractivity contribution in [3.05, 3.63) is 94.8 Å². The van der Waals surface area contributed by atoms with Gasteiger partial charge in [-0.25, -0.2) is 10.2 Å². The Morgan fingerprint density at radius 3 is 2.54 bits per heavy atom. The number of ether oxygens (including phenoxy) is 2. The molecule has 0 aliphatic heterocycles. The number of benzene rings is 3. The van der Waals surface area contributed by atoms with E-state index in [-0.39, 0.29) is 17.4 Å². The number of methoxy groups -OCH3 is 1. The summed E-state index contributed by atoms with van der Waals surface area (Å²) in [6.45, 7) is 1.85. The summed E-state index contributed by atoms with van der Waals surface area (Å²) in [7, 11) is 1.46. The molecule has 0 bridgehead atoms. The van der Waals surface area contributed by atoms with E-state index in [0.717, 1.165) is 11.5 Å². The van der Waals surface area contributed by atoms with Crippen LogP contribution < -0.4 is 14.9 Å². The normalized spacial score (nSPS) is 10.9. The number of aromatic nitrogens is 3. The predicted octanol–water partition coefficient (Wildman–Crippen LogP) is 4.70. The molecule has 37 heavy (non-hydrogen) atoms. The summed E-state index contributed by atoms with van der Waals surface area (Å²) in [5.41, 5.74) is 4.40. The van der Waals surface area contributed by atoms with Gasteiger partial charge in [-0.3, -0.25) is 9.36 Å². The van der Waals surface area contributed by atoms with Gasteiger partial charge in [0, 0.05) is 10.7 Å². The Bertz CT molecular complexity index is 1420. The van der Waals surface area contributed by atoms with Gasteiger partial charge in [0.15, 0.2) is 16.7 Å². The highest BCUT2D eigenvalue weighted by molar-refractivity contribution is 7.99. The van der Waals surface area contributed by atoms with Crippen LogP contribution in [0.2, 0.25) is 5.02 Å². The molecule has 0 atom stereocenters. The Balaban J connectivity index is 1.33. The zero-order valence-electron chi connectivity index (χ0n) is 19.9. The number of esters is 1. The van der Waals surface area contributed by atoms with E-state index in [0.29, 0.717) is 27.1 Å². The summed E-state index contributed by atoms with van der Waals surface area (Å²) in [6, 6.07) is 21.0. The second kappa shape index (κ2) is 12.2. The topological polar surface area (TPSA) is 108 Å². The third-order valence-electron chi connectivity index (χ3n) is 5.02. The number of carbonyl (C=O) groups is 2. The van der Waals surface area contributed by atoms with Crippen molar-refractivity contribution >= 4 is 41.5 Å². The first kappa shape index (κ1) is 25.9. The lowest BCUT2D eigenvalue weighted by Gasteiger charge is -2.10. The average molecular weight is 536 g/mol. The third-order valence-corrected chi connectivity index (χ3v) is 6.20. The summed E-state index contributed by atoms with van der Waals surface area (Å²) in [4.78, 5) is 24.7. The molecule has 1 amide bonds. The Kier molecular flexibility index (Phi) is 8.55. The maximum atomic E-state index is 12.4. The van der Waals surface area contributed by atoms with Gasteiger partial charge < -0.3 is 9.47 Å². The van der Waals surface area contributed by atoms with E-state index in [1.807, 2.05) is 41.8 Å². The molecule has 0 aliphatic carbocycles. The number of aryl methyl sites for hydroxylation is 1. The average Bonchev–Trinajstić information content (AvgIpc) is 3.29. The summed E-state index contributed by atoms with van der Waals surface area (Å²) in [6.07, 6.45) is 1.46. The van der Waals surface area contributed by atoms with Gasteiger partial charge in [0.2, 0.25) is 0 Å². The lowest BCUT2D eigenvalue weighted by Crippen LogP contribution is -2.20. The molecule has 0 saturated carbocycles. The number of hydrogen-bond acceptors (Lipinski definition) is 8. The van der Waals surface area contributed by atoms with Crippen LogP contribution in [-0.2, 0) is 4.79 Å². The van der Waals surface area contributed by atoms with Crippen LogP contribution in [0.25, 0.3) is 5.69 Å². The lowest BCUT2D eigenvalue weighted by atomic mass is 10.2. The molecule has 3 aromatic carbocycles. The van der Waals surface area contributed by atoms with E-state index >= 15 is 0 Å². The van der Waals surface area contributed by atoms with Crippen molar-refractivity contribution in [3.63, 3.8) is 0 Å². The molecule has 1 heterocycles. The number of hydrazone groups is 1. The number of rotatable bonds is 9. The van der Waals surface area contributed by atoms with Crippen molar-refractivity contribution in [2.24, 2.45) is 5.10 Å². The fraction of sp³-hybridized carbons (Fsp3) is 0.115. The molecule has 11 heteroatoms. The molecule has 4 aromatic rings. The third kappa shape index (κ3) is 6.75. The van der Waals surface area contributed by atoms with Crippen LogP contribution in [0.5, 0.6) is 11.5 Å². The molecule has 4 rings (SSSR count). The maximum Gasteiger partial charge on any atom is 0.343 e. The molecule has 1 N–H and O–H groups in total. The first-order chi connectivity index (χ1) is 17.9. The molecule has 188 valence electrons. The summed E-state index contributed by atoms with van der Waals surface area (Å²) >= 11 is 7.12. The number of halogens is 1. The first-order valence-electron chi connectivity index (χ1n) is 11.0. The fourth-order valence-electron chi connectivity index (χ4n) is 3.25. The van der Waals surface area contributed by atoms with Crippen molar-refractivity contribution < 1.29 is 19.1 Å². The molecule has 0 spiro atoms. The summed E-state index contributed by atoms with van der Waals surface area (Å²) < 4.78 is 12.7. The zero-order valence-corrected chi connectivity index (χ0v) is 21.5. The molecule has 0 radical (unpaired) electrons. The van der Waals surface area contributed by atoms with Gasteiger partial charge in [-0.1, -0.05) is 41.6 Å². The number of amides is 1. The zero-order chi connectivity index (χ0) is 26.2. The summed E-state index contributed by atoms with van der Waals surface area (Å²) in [5, 5.41) is 13.4. The Labute approximate surface area is 222 Å². The van der Waals surface area contributed by atoms with Gasteiger partial charge in [-0.05, 0) is 67.1 Å². The second-order valence-corrected chi connectivity index (χ2v) is 8.97. The first-order valence-corrected chi connectivity index (χ1v) is 12.4. The maximum absolute atomic E-state index is 12.4. The largest absolute Gasteiger partial charge is 0.493 e. The molecule has 1 aromatic heterocycles. The van der Waals surface area contributed by atoms with Crippen molar-refractivity contribution in [1.82, 2.24) is 20.2 Å². The van der Waals surface area contributed by atoms with Gasteiger partial charge in [0.05, 0.1) is 24.6 Å². The molecule has 0 unspecified atom stereocenters. The molecule has 0 saturated heterocycles. The number of nitrogens with zero attached hydrogens (tertiary/aromatic N) is 4. The monoisotopic (exact) mass is 535 g/mol. The van der Waals surface area contributed by atoms with Crippen LogP contribution in [-0.4, -0.2) is 45.7 Å². The smallest absolute Gasteiger partial charge is 0.343 e. The minimum absolute atomic E-state index is 0.102. The molecule has 0 fully saturated rings. The minimum Gasteiger partial charge on any atom is -0.493 e. The van der Waals surface area contributed by atoms with Gasteiger partial charge in [0.1, 0.15) is 5.82 Å². The number of thioether (sulfide) groups is 1. The van der Waals surface area contributed by atoms with Crippen LogP contribution in [0.1, 0.15) is 21.7 Å². The van der Waals surface area contributed by atoms with E-state index in [1.54, 1.807) is 42.5 Å². The standard InChI is InChI=1S/C26H22ClN5O4S/c1-17-29-31-26(32(17)21-6-4-3-5-7-21)37-16-24(33)30-28-15-18-8-13-22(23(14-18)35-2)36-25(34)19-9-11-20(27)12-10-19/h3-15H,16H2,1-2H3,(H,30,33)/b28-15-. The quantitative estimate of drug-likeness (QED) is 0.109. The van der Waals surface area contributed by atoms with E-state index in [2.05, 4.69) is 20.7 Å². The van der Waals surface area contributed by atoms with E-state index in [4.69, 9.17) is 21.1 Å². The number of carbonyl (C=O) groups excluding carboxylic acids is 2. The molecule has 9 nitrogen and oxygen atoms in total. The minimum atomic E-state index is -0.542. The van der Waals surface area contributed by atoms with E-state index < -0.39 is 5.97 Å². The van der Waals surface area contributed by atoms with Crippen LogP contribution >= 0.6 is 23.4 Å². The van der Waals surface area contributed by atoms with Crippen LogP contribution in [0.3, 0.4) is 0 Å². The van der Waals surface area contributed by atoms with Gasteiger partial charge in [-0.15, -0.1) is 10.2 Å². The van der Waals surface area contributed by atoms with Gasteiger partial charge in [0.25, 0.3) is 5.91 Å². The van der Waals surface area contributed by atoms with E-state index in [9.17, 15) is 9.59 Å². The van der Waals surface area contributed by atoms with Crippen molar-refractivity contribution in [2.75, 3.05) is 12.9 Å². The van der Waals surface area contributed by atoms with Crippen LogP contribution in [0.15, 0.2) is 83.1 Å². The fourth-order valence-corrected chi connectivity index (χ4v) is 4.16. The summed E-state index contributed by atoms with van der Waals surface area (Å²) in [5.74, 6) is 0.567. The van der Waals surface area contributed by atoms with Crippen LogP contribution in [0.4, 0.5) is 0 Å². The Hall–Kier alpha value is -4.15. The Morgan fingerprint density at radius 2 is 1.81 bits per heavy atom. The highest BCUT2D eigenvalue weighted by atomic mass is 35.5. The van der Waals surface area contributed by atoms with E-state index in [1.165, 1.54) is 25.1 Å². The number of nitrogens with one attached hydrogen (secondary N) is 1. The number of hydrogen-bond donors (Lipinski definition) is 1. The van der Waals surface area contributed by atoms with Gasteiger partial charge >= 0.3 is 5.97 Å². The van der Waals surface area contributed by atoms with Gasteiger partial charge in [-0.2, -0.15) is 5.10 Å². The highest BCUT2D eigenvalue weighted by Crippen LogP contribution is 2.28. The predicted molar refractivity (Wildman–Crippen MR) is 142 cm³/mol. The second-order valence-electron chi connectivity index (χ2n) is 7.59. The SMILES string of the molecule is COc1cc(/C=N\NC(=O)CSc2nnc(C)n2-c2ccccc2)ccc1OC(=O)c1ccc(Cl)cc1. The molecule has 0 aliphatic rings. The number of para-hydroxylation sites is 1. The van der Waals surface area contributed by atoms with Crippen molar-refractivity contribution in [1.29, 1.82) is 0 Å². The lowest BCUT2D eigenvalue weighted by molar-refractivity contribution is -0.118. The molecular formula is C26H22ClN5O4S. The van der Waals surface area contributed by atoms with Crippen LogP contribution in [0, 0.1) is 6.92 Å². The van der Waals surface area contributed by atoms with Crippen molar-refractivity contribution in [2.45, 2.75) is 12.1 Å². The Morgan fingerprint density at radius 1 is 1.05 bits per heavy atom. The highest BCUT2D eigenvalue weighted by Gasteiger charge is 2.14.